The zero-order chi connectivity index (χ0) is 42.6. The number of unbranched alkanes of at least 4 members (excludes halogenated alkanes) is 11. The average molecular weight is 836 g/mol. The maximum absolute atomic E-state index is 12.4. The highest BCUT2D eigenvalue weighted by atomic mass is 16.6. The van der Waals surface area contributed by atoms with Crippen molar-refractivity contribution in [3.05, 3.63) is 0 Å². The molecule has 58 heavy (non-hydrogen) atoms. The van der Waals surface area contributed by atoms with E-state index in [0.29, 0.717) is 125 Å². The van der Waals surface area contributed by atoms with Crippen LogP contribution in [-0.2, 0) is 61.9 Å². The van der Waals surface area contributed by atoms with Gasteiger partial charge >= 0.3 is 11.9 Å². The fourth-order valence-corrected chi connectivity index (χ4v) is 5.57. The number of carboxylic acids is 2. The van der Waals surface area contributed by atoms with E-state index in [1.807, 2.05) is 0 Å². The van der Waals surface area contributed by atoms with E-state index in [-0.39, 0.29) is 43.2 Å². The van der Waals surface area contributed by atoms with Gasteiger partial charge in [-0.05, 0) is 26.2 Å². The van der Waals surface area contributed by atoms with Crippen LogP contribution >= 0.6 is 0 Å². The lowest BCUT2D eigenvalue weighted by molar-refractivity contribution is -0.144. The Morgan fingerprint density at radius 2 is 0.776 bits per heavy atom. The Morgan fingerprint density at radius 1 is 0.431 bits per heavy atom. The summed E-state index contributed by atoms with van der Waals surface area (Å²) in [6.07, 6.45) is 13.8. The van der Waals surface area contributed by atoms with Crippen molar-refractivity contribution in [3.8, 4) is 0 Å². The fourth-order valence-electron chi connectivity index (χ4n) is 5.57. The average Bonchev–Trinajstić information content (AvgIpc) is 3.18. The molecular weight excluding hydrogens is 758 g/mol. The summed E-state index contributed by atoms with van der Waals surface area (Å²) < 4.78 is 43.4. The van der Waals surface area contributed by atoms with E-state index in [2.05, 4.69) is 5.32 Å². The Balaban J connectivity index is 3.48. The van der Waals surface area contributed by atoms with Crippen molar-refractivity contribution in [1.29, 1.82) is 0 Å². The van der Waals surface area contributed by atoms with Crippen LogP contribution in [0.15, 0.2) is 0 Å². The molecule has 1 unspecified atom stereocenters. The number of nitrogens with one attached hydrogen (secondary N) is 1. The first-order valence-corrected chi connectivity index (χ1v) is 21.6. The number of ketones is 2. The Labute approximate surface area is 347 Å². The molecule has 0 aliphatic heterocycles. The molecule has 0 spiro atoms. The SMILES string of the molecule is CC(=O)CCOCCOCCOCCOCCOCCOCCOCCOCCNC(=O)CCC(CC(=O)CCCCCCCCCCCCCCC(=O)O)C(=O)O. The van der Waals surface area contributed by atoms with Crippen molar-refractivity contribution in [1.82, 2.24) is 5.32 Å². The van der Waals surface area contributed by atoms with Crippen LogP contribution in [0.1, 0.15) is 122 Å². The van der Waals surface area contributed by atoms with Crippen LogP contribution in [0.5, 0.6) is 0 Å². The smallest absolute Gasteiger partial charge is 0.306 e. The second-order valence-corrected chi connectivity index (χ2v) is 14.2. The second-order valence-electron chi connectivity index (χ2n) is 14.2. The summed E-state index contributed by atoms with van der Waals surface area (Å²) in [7, 11) is 0. The van der Waals surface area contributed by atoms with Gasteiger partial charge in [0.05, 0.1) is 112 Å². The van der Waals surface area contributed by atoms with Crippen LogP contribution < -0.4 is 5.32 Å². The van der Waals surface area contributed by atoms with Crippen LogP contribution in [0.3, 0.4) is 0 Å². The molecule has 0 aromatic heterocycles. The number of amides is 1. The molecule has 0 aromatic rings. The Kier molecular flexibility index (Phi) is 42.0. The van der Waals surface area contributed by atoms with Gasteiger partial charge in [-0.1, -0.05) is 64.2 Å². The van der Waals surface area contributed by atoms with Crippen molar-refractivity contribution < 1.29 is 72.1 Å². The number of Topliss-reactive ketones (excluding diaryl/α,β-unsaturated/α-hetero) is 2. The van der Waals surface area contributed by atoms with Crippen LogP contribution in [0.2, 0.25) is 0 Å². The number of carboxylic acid groups (broad SMARTS) is 2. The Morgan fingerprint density at radius 3 is 1.14 bits per heavy atom. The summed E-state index contributed by atoms with van der Waals surface area (Å²) in [4.78, 5) is 57.6. The van der Waals surface area contributed by atoms with Crippen molar-refractivity contribution in [2.45, 2.75) is 122 Å². The molecule has 1 atom stereocenters. The van der Waals surface area contributed by atoms with E-state index in [0.717, 1.165) is 51.4 Å². The van der Waals surface area contributed by atoms with Gasteiger partial charge in [-0.2, -0.15) is 0 Å². The number of hydrogen-bond acceptors (Lipinski definition) is 13. The summed E-state index contributed by atoms with van der Waals surface area (Å²) in [6.45, 7) is 8.77. The summed E-state index contributed by atoms with van der Waals surface area (Å²) in [5, 5.41) is 20.9. The Hall–Kier alpha value is -2.57. The number of ether oxygens (including phenoxy) is 8. The third-order valence-corrected chi connectivity index (χ3v) is 8.91. The number of carbonyl (C=O) groups is 5. The minimum Gasteiger partial charge on any atom is -0.481 e. The van der Waals surface area contributed by atoms with E-state index >= 15 is 0 Å². The lowest BCUT2D eigenvalue weighted by atomic mass is 9.94. The zero-order valence-electron chi connectivity index (χ0n) is 35.5. The molecule has 0 rings (SSSR count). The first-order valence-electron chi connectivity index (χ1n) is 21.6. The maximum Gasteiger partial charge on any atom is 0.306 e. The highest BCUT2D eigenvalue weighted by molar-refractivity contribution is 5.84. The molecule has 0 saturated carbocycles. The van der Waals surface area contributed by atoms with Crippen molar-refractivity contribution in [2.24, 2.45) is 5.92 Å². The van der Waals surface area contributed by atoms with E-state index in [9.17, 15) is 29.1 Å². The van der Waals surface area contributed by atoms with Gasteiger partial charge in [-0.3, -0.25) is 24.0 Å². The van der Waals surface area contributed by atoms with Gasteiger partial charge < -0.3 is 53.4 Å². The van der Waals surface area contributed by atoms with E-state index in [1.54, 1.807) is 0 Å². The normalized spacial score (nSPS) is 11.8. The molecule has 0 aliphatic carbocycles. The number of rotatable bonds is 48. The van der Waals surface area contributed by atoms with Gasteiger partial charge in [0.15, 0.2) is 0 Å². The lowest BCUT2D eigenvalue weighted by Crippen LogP contribution is -2.29. The summed E-state index contributed by atoms with van der Waals surface area (Å²) in [6, 6.07) is 0. The molecular formula is C42H77NO15. The summed E-state index contributed by atoms with van der Waals surface area (Å²) in [5.74, 6) is -2.86. The molecule has 16 heteroatoms. The zero-order valence-corrected chi connectivity index (χ0v) is 35.5. The molecule has 0 bridgehead atoms. The third kappa shape index (κ3) is 44.5. The summed E-state index contributed by atoms with van der Waals surface area (Å²) in [5.41, 5.74) is 0. The summed E-state index contributed by atoms with van der Waals surface area (Å²) >= 11 is 0. The Bertz CT molecular complexity index is 1000. The number of carbonyl (C=O) groups excluding carboxylic acids is 3. The predicted molar refractivity (Wildman–Crippen MR) is 217 cm³/mol. The topological polar surface area (TPSA) is 212 Å². The fraction of sp³-hybridized carbons (Fsp3) is 0.881. The van der Waals surface area contributed by atoms with Gasteiger partial charge in [-0.25, -0.2) is 0 Å². The highest BCUT2D eigenvalue weighted by Gasteiger charge is 2.22. The molecule has 0 aromatic carbocycles. The first-order chi connectivity index (χ1) is 28.2. The largest absolute Gasteiger partial charge is 0.481 e. The molecule has 3 N–H and O–H groups in total. The molecule has 16 nitrogen and oxygen atoms in total. The van der Waals surface area contributed by atoms with Crippen LogP contribution in [0.25, 0.3) is 0 Å². The molecule has 340 valence electrons. The maximum atomic E-state index is 12.4. The third-order valence-electron chi connectivity index (χ3n) is 8.91. The predicted octanol–water partition coefficient (Wildman–Crippen LogP) is 5.20. The second kappa shape index (κ2) is 44.0. The van der Waals surface area contributed by atoms with Crippen molar-refractivity contribution in [2.75, 3.05) is 112 Å². The standard InChI is InChI=1S/C42H77NO15/c1-37(44)18-20-51-22-24-53-26-28-55-30-32-57-34-35-58-33-31-56-29-27-54-25-23-52-21-19-43-40(46)17-16-38(42(49)50)36-39(45)14-12-10-8-6-4-2-3-5-7-9-11-13-15-41(47)48/h38H,2-36H2,1H3,(H,43,46)(H,47,48)(H,49,50). The van der Waals surface area contributed by atoms with Crippen LogP contribution in [0, 0.1) is 5.92 Å². The highest BCUT2D eigenvalue weighted by Crippen LogP contribution is 2.17. The number of aliphatic carboxylic acids is 2. The van der Waals surface area contributed by atoms with Crippen molar-refractivity contribution >= 4 is 29.4 Å². The molecule has 0 saturated heterocycles. The number of hydrogen-bond donors (Lipinski definition) is 3. The van der Waals surface area contributed by atoms with E-state index < -0.39 is 17.9 Å². The van der Waals surface area contributed by atoms with Gasteiger partial charge in [0, 0.05) is 38.6 Å². The van der Waals surface area contributed by atoms with Gasteiger partial charge in [0.1, 0.15) is 11.6 Å². The van der Waals surface area contributed by atoms with Crippen LogP contribution in [-0.4, -0.2) is 152 Å². The van der Waals surface area contributed by atoms with E-state index in [1.165, 1.54) is 32.6 Å². The minimum absolute atomic E-state index is 0.0353. The van der Waals surface area contributed by atoms with Crippen molar-refractivity contribution in [3.63, 3.8) is 0 Å². The molecule has 0 heterocycles. The van der Waals surface area contributed by atoms with Gasteiger partial charge in [-0.15, -0.1) is 0 Å². The van der Waals surface area contributed by atoms with Gasteiger partial charge in [0.2, 0.25) is 5.91 Å². The molecule has 0 aliphatic rings. The minimum atomic E-state index is -1.05. The van der Waals surface area contributed by atoms with Gasteiger partial charge in [0.25, 0.3) is 0 Å². The molecule has 1 amide bonds. The molecule has 0 fully saturated rings. The lowest BCUT2D eigenvalue weighted by Gasteiger charge is -2.12. The van der Waals surface area contributed by atoms with Crippen LogP contribution in [0.4, 0.5) is 0 Å². The first kappa shape index (κ1) is 55.4. The monoisotopic (exact) mass is 836 g/mol. The van der Waals surface area contributed by atoms with E-state index in [4.69, 9.17) is 43.0 Å². The quantitative estimate of drug-likeness (QED) is 0.0673. The molecule has 0 radical (unpaired) electrons.